The van der Waals surface area contributed by atoms with Gasteiger partial charge in [-0.1, -0.05) is 24.3 Å². The van der Waals surface area contributed by atoms with Crippen LogP contribution in [0.5, 0.6) is 23.0 Å². The van der Waals surface area contributed by atoms with Crippen LogP contribution in [0.2, 0.25) is 0 Å². The smallest absolute Gasteiger partial charge is 0.231 e. The Morgan fingerprint density at radius 3 is 2.69 bits per heavy atom. The number of nitrogens with one attached hydrogen (secondary N) is 1. The van der Waals surface area contributed by atoms with Crippen molar-refractivity contribution in [2.45, 2.75) is 12.5 Å². The van der Waals surface area contributed by atoms with E-state index in [1.165, 1.54) is 10.9 Å². The number of ether oxygens (including phenoxy) is 4. The Bertz CT molecular complexity index is 1630. The van der Waals surface area contributed by atoms with E-state index < -0.39 is 0 Å². The number of anilines is 1. The minimum Gasteiger partial charge on any atom is -0.493 e. The zero-order valence-electron chi connectivity index (χ0n) is 19.9. The summed E-state index contributed by atoms with van der Waals surface area (Å²) in [6.07, 6.45) is 2.73. The monoisotopic (exact) mass is 480 g/mol. The Morgan fingerprint density at radius 2 is 1.81 bits per heavy atom. The van der Waals surface area contributed by atoms with Crippen LogP contribution in [0.4, 0.5) is 5.95 Å². The molecule has 2 aromatic heterocycles. The molecule has 7 rings (SSSR count). The van der Waals surface area contributed by atoms with E-state index in [4.69, 9.17) is 28.9 Å². The molecule has 180 valence electrons. The van der Waals surface area contributed by atoms with Crippen LogP contribution in [-0.4, -0.2) is 42.5 Å². The lowest BCUT2D eigenvalue weighted by atomic mass is 9.92. The average Bonchev–Trinajstić information content (AvgIpc) is 3.55. The molecule has 5 aromatic rings. The van der Waals surface area contributed by atoms with Crippen LogP contribution in [0.3, 0.4) is 0 Å². The number of benzene rings is 3. The van der Waals surface area contributed by atoms with E-state index in [0.717, 1.165) is 52.1 Å². The number of rotatable bonds is 4. The predicted molar refractivity (Wildman–Crippen MR) is 136 cm³/mol. The van der Waals surface area contributed by atoms with E-state index in [0.29, 0.717) is 17.4 Å². The van der Waals surface area contributed by atoms with Crippen LogP contribution < -0.4 is 23.8 Å². The molecule has 36 heavy (non-hydrogen) atoms. The fourth-order valence-corrected chi connectivity index (χ4v) is 5.37. The minimum atomic E-state index is -0.117. The summed E-state index contributed by atoms with van der Waals surface area (Å²) in [5, 5.41) is 2.15. The molecule has 0 aliphatic carbocycles. The number of nitrogens with zero attached hydrogens (tertiary/aromatic N) is 3. The van der Waals surface area contributed by atoms with E-state index in [9.17, 15) is 0 Å². The summed E-state index contributed by atoms with van der Waals surface area (Å²) in [5.41, 5.74) is 5.49. The molecule has 0 spiro atoms. The highest BCUT2D eigenvalue weighted by Gasteiger charge is 2.34. The standard InChI is InChI=1S/C28H24N4O4/c1-33-23-12-17-14-29-28(31-21(17)13-24(23)34-2)32-10-9-19-18-5-3-4-6-20(18)30-26(19)27(32)16-7-8-22-25(11-16)36-15-35-22/h3-8,11-14,27,30H,9-10,15H2,1-2H3. The molecule has 1 atom stereocenters. The fraction of sp³-hybridized carbons (Fsp3) is 0.214. The predicted octanol–water partition coefficient (Wildman–Crippen LogP) is 5.01. The van der Waals surface area contributed by atoms with Crippen LogP contribution >= 0.6 is 0 Å². The van der Waals surface area contributed by atoms with Gasteiger partial charge in [0.25, 0.3) is 0 Å². The number of para-hydroxylation sites is 1. The molecule has 0 fully saturated rings. The van der Waals surface area contributed by atoms with Gasteiger partial charge in [-0.05, 0) is 41.8 Å². The number of hydrogen-bond donors (Lipinski definition) is 1. The Hall–Kier alpha value is -4.46. The molecule has 0 saturated carbocycles. The molecular formula is C28H24N4O4. The van der Waals surface area contributed by atoms with Crippen LogP contribution in [0.25, 0.3) is 21.8 Å². The highest BCUT2D eigenvalue weighted by Crippen LogP contribution is 2.43. The molecule has 8 nitrogen and oxygen atoms in total. The largest absolute Gasteiger partial charge is 0.493 e. The number of hydrogen-bond acceptors (Lipinski definition) is 7. The summed E-state index contributed by atoms with van der Waals surface area (Å²) >= 11 is 0. The minimum absolute atomic E-state index is 0.117. The normalized spacial score (nSPS) is 16.4. The van der Waals surface area contributed by atoms with Gasteiger partial charge in [-0.3, -0.25) is 0 Å². The Morgan fingerprint density at radius 1 is 0.972 bits per heavy atom. The average molecular weight is 481 g/mol. The summed E-state index contributed by atoms with van der Waals surface area (Å²) in [6.45, 7) is 1.01. The second-order valence-corrected chi connectivity index (χ2v) is 8.96. The van der Waals surface area contributed by atoms with Crippen LogP contribution in [0, 0.1) is 0 Å². The van der Waals surface area contributed by atoms with Gasteiger partial charge in [-0.25, -0.2) is 9.97 Å². The lowest BCUT2D eigenvalue weighted by Gasteiger charge is -2.36. The zero-order valence-corrected chi connectivity index (χ0v) is 19.9. The number of aromatic amines is 1. The second kappa shape index (κ2) is 8.05. The molecule has 2 aliphatic rings. The van der Waals surface area contributed by atoms with Crippen LogP contribution in [0.15, 0.2) is 60.8 Å². The van der Waals surface area contributed by atoms with Gasteiger partial charge in [0.15, 0.2) is 23.0 Å². The summed E-state index contributed by atoms with van der Waals surface area (Å²) in [7, 11) is 3.25. The Kier molecular flexibility index (Phi) is 4.67. The van der Waals surface area contributed by atoms with Gasteiger partial charge < -0.3 is 28.8 Å². The lowest BCUT2D eigenvalue weighted by molar-refractivity contribution is 0.174. The summed E-state index contributed by atoms with van der Waals surface area (Å²) in [6, 6.07) is 18.3. The SMILES string of the molecule is COc1cc2cnc(N3CCc4c([nH]c5ccccc45)C3c3ccc4c(c3)OCO4)nc2cc1OC. The molecule has 0 saturated heterocycles. The van der Waals surface area contributed by atoms with Crippen LogP contribution in [-0.2, 0) is 6.42 Å². The van der Waals surface area contributed by atoms with E-state index in [1.54, 1.807) is 14.2 Å². The Balaban J connectivity index is 1.40. The van der Waals surface area contributed by atoms with Gasteiger partial charge >= 0.3 is 0 Å². The van der Waals surface area contributed by atoms with E-state index in [1.807, 2.05) is 24.4 Å². The van der Waals surface area contributed by atoms with E-state index in [2.05, 4.69) is 46.3 Å². The molecule has 0 bridgehead atoms. The first-order valence-electron chi connectivity index (χ1n) is 11.9. The number of H-pyrrole nitrogens is 1. The van der Waals surface area contributed by atoms with Gasteiger partial charge in [0.05, 0.1) is 25.8 Å². The molecule has 0 amide bonds. The fourth-order valence-electron chi connectivity index (χ4n) is 5.37. The third-order valence-electron chi connectivity index (χ3n) is 7.08. The van der Waals surface area contributed by atoms with Crippen molar-refractivity contribution in [3.8, 4) is 23.0 Å². The topological polar surface area (TPSA) is 81.7 Å². The highest BCUT2D eigenvalue weighted by molar-refractivity contribution is 5.86. The molecular weight excluding hydrogens is 456 g/mol. The van der Waals surface area contributed by atoms with Crippen molar-refractivity contribution in [1.29, 1.82) is 0 Å². The van der Waals surface area contributed by atoms with Crippen molar-refractivity contribution >= 4 is 27.8 Å². The summed E-state index contributed by atoms with van der Waals surface area (Å²) in [4.78, 5) is 15.7. The van der Waals surface area contributed by atoms with Crippen molar-refractivity contribution in [1.82, 2.24) is 15.0 Å². The quantitative estimate of drug-likeness (QED) is 0.387. The van der Waals surface area contributed by atoms with E-state index in [-0.39, 0.29) is 12.8 Å². The molecule has 8 heteroatoms. The number of fused-ring (bicyclic) bond motifs is 5. The number of aromatic nitrogens is 3. The first-order chi connectivity index (χ1) is 17.7. The van der Waals surface area contributed by atoms with Crippen molar-refractivity contribution < 1.29 is 18.9 Å². The van der Waals surface area contributed by atoms with Crippen molar-refractivity contribution in [2.75, 3.05) is 32.5 Å². The molecule has 0 radical (unpaired) electrons. The maximum absolute atomic E-state index is 5.71. The highest BCUT2D eigenvalue weighted by atomic mass is 16.7. The molecule has 2 aliphatic heterocycles. The molecule has 4 heterocycles. The van der Waals surface area contributed by atoms with Gasteiger partial charge in [0, 0.05) is 40.8 Å². The summed E-state index contributed by atoms with van der Waals surface area (Å²) < 4.78 is 22.2. The lowest BCUT2D eigenvalue weighted by Crippen LogP contribution is -2.37. The van der Waals surface area contributed by atoms with Crippen molar-refractivity contribution in [3.05, 3.63) is 77.6 Å². The third kappa shape index (κ3) is 3.14. The summed E-state index contributed by atoms with van der Waals surface area (Å²) in [5.74, 6) is 3.47. The van der Waals surface area contributed by atoms with Gasteiger partial charge in [0.2, 0.25) is 12.7 Å². The van der Waals surface area contributed by atoms with Gasteiger partial charge in [-0.2, -0.15) is 0 Å². The number of methoxy groups -OCH3 is 2. The second-order valence-electron chi connectivity index (χ2n) is 8.96. The molecule has 3 aromatic carbocycles. The van der Waals surface area contributed by atoms with Crippen molar-refractivity contribution in [2.24, 2.45) is 0 Å². The third-order valence-corrected chi connectivity index (χ3v) is 7.08. The maximum atomic E-state index is 5.71. The molecule has 1 unspecified atom stereocenters. The Labute approximate surface area is 207 Å². The zero-order chi connectivity index (χ0) is 24.2. The first kappa shape index (κ1) is 20.9. The van der Waals surface area contributed by atoms with Crippen LogP contribution in [0.1, 0.15) is 22.9 Å². The maximum Gasteiger partial charge on any atom is 0.231 e. The van der Waals surface area contributed by atoms with Crippen molar-refractivity contribution in [3.63, 3.8) is 0 Å². The van der Waals surface area contributed by atoms with E-state index >= 15 is 0 Å². The van der Waals surface area contributed by atoms with Gasteiger partial charge in [0.1, 0.15) is 0 Å². The first-order valence-corrected chi connectivity index (χ1v) is 11.9. The van der Waals surface area contributed by atoms with Gasteiger partial charge in [-0.15, -0.1) is 0 Å². The molecule has 1 N–H and O–H groups in total.